The van der Waals surface area contributed by atoms with Gasteiger partial charge in [-0.1, -0.05) is 0 Å². The Labute approximate surface area is 103 Å². The van der Waals surface area contributed by atoms with Gasteiger partial charge in [-0.15, -0.1) is 0 Å². The van der Waals surface area contributed by atoms with Crippen LogP contribution in [0.2, 0.25) is 0 Å². The lowest BCUT2D eigenvalue weighted by Crippen LogP contribution is -2.48. The molecule has 0 heterocycles. The second-order valence-corrected chi connectivity index (χ2v) is 7.56. The summed E-state index contributed by atoms with van der Waals surface area (Å²) in [5, 5.41) is -0.524. The smallest absolute Gasteiger partial charge is 0.253 e. The van der Waals surface area contributed by atoms with E-state index < -0.39 is 44.5 Å². The average Bonchev–Trinajstić information content (AvgIpc) is 3.03. The van der Waals surface area contributed by atoms with Crippen molar-refractivity contribution in [2.24, 2.45) is 17.6 Å². The van der Waals surface area contributed by atoms with Crippen LogP contribution in [0.4, 0.5) is 8.78 Å². The van der Waals surface area contributed by atoms with Gasteiger partial charge in [0.15, 0.2) is 0 Å². The summed E-state index contributed by atoms with van der Waals surface area (Å²) in [6.45, 7) is 0. The van der Waals surface area contributed by atoms with Crippen LogP contribution in [-0.4, -0.2) is 31.0 Å². The number of carbonyl (C=O) groups excluding carboxylic acids is 1. The van der Waals surface area contributed by atoms with Gasteiger partial charge in [0.2, 0.25) is 10.0 Å². The molecular weight excluding hydrogens is 266 g/mol. The first-order valence-corrected chi connectivity index (χ1v) is 7.44. The van der Waals surface area contributed by atoms with Gasteiger partial charge in [0.05, 0.1) is 5.25 Å². The van der Waals surface area contributed by atoms with Crippen LogP contribution < -0.4 is 10.5 Å². The van der Waals surface area contributed by atoms with Crippen molar-refractivity contribution in [2.45, 2.75) is 42.4 Å². The molecule has 3 N–H and O–H groups in total. The van der Waals surface area contributed by atoms with Crippen molar-refractivity contribution in [3.05, 3.63) is 0 Å². The van der Waals surface area contributed by atoms with Gasteiger partial charge < -0.3 is 5.73 Å². The van der Waals surface area contributed by atoms with Gasteiger partial charge in [-0.25, -0.2) is 17.2 Å². The Morgan fingerprint density at radius 3 is 2.22 bits per heavy atom. The van der Waals surface area contributed by atoms with E-state index in [1.54, 1.807) is 0 Å². The van der Waals surface area contributed by atoms with Crippen molar-refractivity contribution in [1.29, 1.82) is 0 Å². The van der Waals surface area contributed by atoms with Gasteiger partial charge in [-0.05, 0) is 25.2 Å². The molecule has 1 amide bonds. The van der Waals surface area contributed by atoms with Crippen LogP contribution >= 0.6 is 0 Å². The zero-order chi connectivity index (χ0) is 13.3. The number of nitrogens with two attached hydrogens (primary N) is 1. The number of hydrogen-bond donors (Lipinski definition) is 2. The summed E-state index contributed by atoms with van der Waals surface area (Å²) in [6.07, 6.45) is 0.952. The van der Waals surface area contributed by atoms with Crippen LogP contribution in [0.15, 0.2) is 0 Å². The van der Waals surface area contributed by atoms with E-state index in [9.17, 15) is 22.0 Å². The summed E-state index contributed by atoms with van der Waals surface area (Å²) in [5.74, 6) is -5.03. The monoisotopic (exact) mass is 280 g/mol. The second kappa shape index (κ2) is 3.22. The summed E-state index contributed by atoms with van der Waals surface area (Å²) in [7, 11) is -3.65. The normalized spacial score (nSPS) is 41.3. The molecule has 8 heteroatoms. The zero-order valence-electron chi connectivity index (χ0n) is 9.53. The van der Waals surface area contributed by atoms with Gasteiger partial charge in [0.25, 0.3) is 11.8 Å². The summed E-state index contributed by atoms with van der Waals surface area (Å²) in [6, 6.07) is 0. The fraction of sp³-hybridized carbons (Fsp3) is 0.900. The molecule has 0 aliphatic heterocycles. The summed E-state index contributed by atoms with van der Waals surface area (Å²) in [5.41, 5.74) is 4.29. The number of sulfonamides is 1. The molecule has 3 aliphatic carbocycles. The molecule has 3 rings (SSSR count). The number of alkyl halides is 2. The summed E-state index contributed by atoms with van der Waals surface area (Å²) >= 11 is 0. The predicted molar refractivity (Wildman–Crippen MR) is 58.2 cm³/mol. The van der Waals surface area contributed by atoms with Gasteiger partial charge >= 0.3 is 0 Å². The molecule has 0 aromatic carbocycles. The van der Waals surface area contributed by atoms with E-state index >= 15 is 0 Å². The highest BCUT2D eigenvalue weighted by atomic mass is 32.2. The minimum absolute atomic E-state index is 0.138. The van der Waals surface area contributed by atoms with Crippen molar-refractivity contribution in [3.63, 3.8) is 0 Å². The first-order chi connectivity index (χ1) is 8.17. The molecule has 3 aliphatic rings. The molecular formula is C10H14F2N2O3S. The average molecular weight is 280 g/mol. The fourth-order valence-electron chi connectivity index (χ4n) is 2.42. The molecule has 102 valence electrons. The van der Waals surface area contributed by atoms with Gasteiger partial charge in [0, 0.05) is 12.3 Å². The molecule has 5 nitrogen and oxygen atoms in total. The molecule has 0 aromatic heterocycles. The lowest BCUT2D eigenvalue weighted by Gasteiger charge is -2.12. The first kappa shape index (κ1) is 12.3. The van der Waals surface area contributed by atoms with Crippen LogP contribution in [0.1, 0.15) is 25.7 Å². The minimum Gasteiger partial charge on any atom is -0.317 e. The van der Waals surface area contributed by atoms with Crippen molar-refractivity contribution in [3.8, 4) is 0 Å². The Morgan fingerprint density at radius 2 is 1.78 bits per heavy atom. The van der Waals surface area contributed by atoms with Crippen molar-refractivity contribution >= 4 is 15.9 Å². The van der Waals surface area contributed by atoms with Gasteiger partial charge in [-0.2, -0.15) is 0 Å². The Balaban J connectivity index is 1.64. The first-order valence-electron chi connectivity index (χ1n) is 5.89. The molecule has 3 fully saturated rings. The van der Waals surface area contributed by atoms with Crippen LogP contribution in [0, 0.1) is 11.8 Å². The zero-order valence-corrected chi connectivity index (χ0v) is 10.3. The third kappa shape index (κ3) is 1.82. The molecule has 0 unspecified atom stereocenters. The van der Waals surface area contributed by atoms with Crippen LogP contribution in [0.5, 0.6) is 0 Å². The number of rotatable bonds is 4. The Kier molecular flexibility index (Phi) is 2.20. The van der Waals surface area contributed by atoms with E-state index in [0.29, 0.717) is 12.8 Å². The lowest BCUT2D eigenvalue weighted by molar-refractivity contribution is -0.122. The molecule has 0 saturated heterocycles. The summed E-state index contributed by atoms with van der Waals surface area (Å²) < 4.78 is 50.8. The third-order valence-electron chi connectivity index (χ3n) is 4.04. The molecule has 0 aromatic rings. The van der Waals surface area contributed by atoms with Crippen LogP contribution in [0.3, 0.4) is 0 Å². The number of nitrogens with one attached hydrogen (secondary N) is 1. The molecule has 3 saturated carbocycles. The Morgan fingerprint density at radius 1 is 1.22 bits per heavy atom. The maximum absolute atomic E-state index is 12.9. The van der Waals surface area contributed by atoms with E-state index in [2.05, 4.69) is 0 Å². The second-order valence-electron chi connectivity index (χ2n) is 5.60. The Bertz CT molecular complexity index is 517. The third-order valence-corrected chi connectivity index (χ3v) is 5.86. The standard InChI is InChI=1S/C10H14F2N2O3S/c11-10(12)4-7(10)6-3-9(6,13)8(15)14-18(16,17)5-1-2-5/h5-7H,1-4,13H2,(H,14,15)/t6-,7+,9+/m0/s1. The predicted octanol–water partition coefficient (Wildman–Crippen LogP) is -0.0326. The van der Waals surface area contributed by atoms with E-state index in [1.165, 1.54) is 0 Å². The maximum Gasteiger partial charge on any atom is 0.253 e. The maximum atomic E-state index is 12.9. The topological polar surface area (TPSA) is 89.3 Å². The van der Waals surface area contributed by atoms with Crippen molar-refractivity contribution in [1.82, 2.24) is 4.72 Å². The van der Waals surface area contributed by atoms with Gasteiger partial charge in [0.1, 0.15) is 5.54 Å². The number of amides is 1. The quantitative estimate of drug-likeness (QED) is 0.756. The van der Waals surface area contributed by atoms with Gasteiger partial charge in [-0.3, -0.25) is 9.52 Å². The van der Waals surface area contributed by atoms with Crippen LogP contribution in [0.25, 0.3) is 0 Å². The SMILES string of the molecule is N[C@]1(C(=O)NS(=O)(=O)C2CC2)C[C@H]1[C@H]1CC1(F)F. The fourth-order valence-corrected chi connectivity index (χ4v) is 3.80. The molecule has 0 radical (unpaired) electrons. The Hall–Kier alpha value is -0.760. The highest BCUT2D eigenvalue weighted by molar-refractivity contribution is 7.90. The molecule has 3 atom stereocenters. The largest absolute Gasteiger partial charge is 0.317 e. The molecule has 18 heavy (non-hydrogen) atoms. The highest BCUT2D eigenvalue weighted by Gasteiger charge is 2.73. The number of hydrogen-bond acceptors (Lipinski definition) is 4. The van der Waals surface area contributed by atoms with Crippen molar-refractivity contribution in [2.75, 3.05) is 0 Å². The van der Waals surface area contributed by atoms with E-state index in [0.717, 1.165) is 0 Å². The molecule has 0 bridgehead atoms. The van der Waals surface area contributed by atoms with E-state index in [-0.39, 0.29) is 12.8 Å². The van der Waals surface area contributed by atoms with E-state index in [4.69, 9.17) is 5.73 Å². The number of carbonyl (C=O) groups is 1. The number of halogens is 2. The van der Waals surface area contributed by atoms with Crippen molar-refractivity contribution < 1.29 is 22.0 Å². The molecule has 0 spiro atoms. The minimum atomic E-state index is -3.65. The lowest BCUT2D eigenvalue weighted by atomic mass is 10.1. The highest BCUT2D eigenvalue weighted by Crippen LogP contribution is 2.63. The van der Waals surface area contributed by atoms with E-state index in [1.807, 2.05) is 4.72 Å². The summed E-state index contributed by atoms with van der Waals surface area (Å²) in [4.78, 5) is 11.8. The van der Waals surface area contributed by atoms with Crippen LogP contribution in [-0.2, 0) is 14.8 Å².